The molecule has 0 aliphatic heterocycles. The number of anilines is 1. The first-order valence-electron chi connectivity index (χ1n) is 7.57. The smallest absolute Gasteiger partial charge is 0.207 e. The number of phenols is 1. The number of halogens is 1. The number of benzene rings is 2. The standard InChI is InChI=1S/C19H17FN4O2/c20-13-4-6-14(7-5-13)24-17(8-10-21)19(22)18(26)9-11-23-15-2-1-3-16(25)12-15/h1-12,22-23,25H,21H2. The Kier molecular flexibility index (Phi) is 6.39. The highest BCUT2D eigenvalue weighted by atomic mass is 19.1. The molecule has 0 radical (unpaired) electrons. The Morgan fingerprint density at radius 1 is 1.19 bits per heavy atom. The molecule has 2 aromatic carbocycles. The fourth-order valence-electron chi connectivity index (χ4n) is 1.94. The molecule has 0 spiro atoms. The summed E-state index contributed by atoms with van der Waals surface area (Å²) in [5.41, 5.74) is 6.00. The van der Waals surface area contributed by atoms with E-state index in [4.69, 9.17) is 11.1 Å². The van der Waals surface area contributed by atoms with E-state index in [1.807, 2.05) is 0 Å². The molecule has 0 atom stereocenters. The predicted octanol–water partition coefficient (Wildman–Crippen LogP) is 3.29. The van der Waals surface area contributed by atoms with Crippen LogP contribution in [0.2, 0.25) is 0 Å². The van der Waals surface area contributed by atoms with Crippen molar-refractivity contribution in [1.29, 1.82) is 5.41 Å². The molecule has 6 nitrogen and oxygen atoms in total. The van der Waals surface area contributed by atoms with Gasteiger partial charge in [-0.25, -0.2) is 9.38 Å². The van der Waals surface area contributed by atoms with Gasteiger partial charge in [0.2, 0.25) is 5.78 Å². The number of carbonyl (C=O) groups is 1. The van der Waals surface area contributed by atoms with E-state index in [-0.39, 0.29) is 17.2 Å². The molecule has 0 saturated heterocycles. The van der Waals surface area contributed by atoms with Gasteiger partial charge in [0.15, 0.2) is 0 Å². The summed E-state index contributed by atoms with van der Waals surface area (Å²) in [6, 6.07) is 11.7. The summed E-state index contributed by atoms with van der Waals surface area (Å²) in [5, 5.41) is 20.2. The Labute approximate surface area is 149 Å². The molecule has 0 fully saturated rings. The molecule has 7 heteroatoms. The van der Waals surface area contributed by atoms with Crippen molar-refractivity contribution in [1.82, 2.24) is 0 Å². The van der Waals surface area contributed by atoms with Gasteiger partial charge in [0.1, 0.15) is 17.3 Å². The summed E-state index contributed by atoms with van der Waals surface area (Å²) in [7, 11) is 0. The number of aromatic hydroxyl groups is 1. The molecule has 0 amide bonds. The molecule has 132 valence electrons. The number of hydrogen-bond acceptors (Lipinski definition) is 6. The number of allylic oxidation sites excluding steroid dienone is 2. The van der Waals surface area contributed by atoms with Crippen LogP contribution in [0.15, 0.2) is 78.1 Å². The van der Waals surface area contributed by atoms with Crippen molar-refractivity contribution in [3.05, 3.63) is 78.9 Å². The molecule has 0 saturated carbocycles. The zero-order chi connectivity index (χ0) is 18.9. The molecule has 0 unspecified atom stereocenters. The summed E-state index contributed by atoms with van der Waals surface area (Å²) < 4.78 is 13.0. The summed E-state index contributed by atoms with van der Waals surface area (Å²) in [5.74, 6) is -0.923. The minimum Gasteiger partial charge on any atom is -0.508 e. The van der Waals surface area contributed by atoms with Crippen LogP contribution in [0.25, 0.3) is 0 Å². The van der Waals surface area contributed by atoms with Gasteiger partial charge in [0.25, 0.3) is 0 Å². The van der Waals surface area contributed by atoms with Gasteiger partial charge < -0.3 is 16.2 Å². The third kappa shape index (κ3) is 5.41. The van der Waals surface area contributed by atoms with E-state index in [0.717, 1.165) is 6.08 Å². The number of nitrogens with zero attached hydrogens (tertiary/aromatic N) is 1. The van der Waals surface area contributed by atoms with Crippen molar-refractivity contribution < 1.29 is 14.3 Å². The highest BCUT2D eigenvalue weighted by Gasteiger charge is 2.11. The van der Waals surface area contributed by atoms with Gasteiger partial charge in [-0.3, -0.25) is 10.2 Å². The second-order valence-electron chi connectivity index (χ2n) is 5.10. The maximum atomic E-state index is 13.0. The fourth-order valence-corrected chi connectivity index (χ4v) is 1.94. The second kappa shape index (κ2) is 8.93. The van der Waals surface area contributed by atoms with E-state index < -0.39 is 11.6 Å². The normalized spacial score (nSPS) is 11.8. The average Bonchev–Trinajstić information content (AvgIpc) is 2.62. The second-order valence-corrected chi connectivity index (χ2v) is 5.10. The number of nitrogens with two attached hydrogens (primary N) is 1. The van der Waals surface area contributed by atoms with E-state index in [0.29, 0.717) is 11.4 Å². The number of hydrogen-bond donors (Lipinski definition) is 4. The molecule has 2 aromatic rings. The number of rotatable bonds is 7. The van der Waals surface area contributed by atoms with Gasteiger partial charge in [0.05, 0.1) is 11.4 Å². The summed E-state index contributed by atoms with van der Waals surface area (Å²) in [6.45, 7) is 0. The van der Waals surface area contributed by atoms with Crippen LogP contribution in [-0.2, 0) is 4.79 Å². The van der Waals surface area contributed by atoms with E-state index in [1.165, 1.54) is 54.9 Å². The summed E-state index contributed by atoms with van der Waals surface area (Å²) in [6.07, 6.45) is 5.00. The lowest BCUT2D eigenvalue weighted by Crippen LogP contribution is -2.20. The van der Waals surface area contributed by atoms with Gasteiger partial charge in [-0.2, -0.15) is 0 Å². The maximum absolute atomic E-state index is 13.0. The monoisotopic (exact) mass is 352 g/mol. The molecule has 5 N–H and O–H groups in total. The molecular formula is C19H17FN4O2. The van der Waals surface area contributed by atoms with Gasteiger partial charge >= 0.3 is 0 Å². The Morgan fingerprint density at radius 2 is 1.92 bits per heavy atom. The molecule has 0 heterocycles. The van der Waals surface area contributed by atoms with Gasteiger partial charge in [-0.1, -0.05) is 6.07 Å². The van der Waals surface area contributed by atoms with Crippen LogP contribution in [0.5, 0.6) is 5.75 Å². The number of nitrogens with one attached hydrogen (secondary N) is 2. The first kappa shape index (κ1) is 18.6. The largest absolute Gasteiger partial charge is 0.508 e. The van der Waals surface area contributed by atoms with Crippen LogP contribution >= 0.6 is 0 Å². The molecule has 26 heavy (non-hydrogen) atoms. The van der Waals surface area contributed by atoms with E-state index in [2.05, 4.69) is 10.3 Å². The zero-order valence-electron chi connectivity index (χ0n) is 13.7. The molecule has 0 aromatic heterocycles. The van der Waals surface area contributed by atoms with Gasteiger partial charge in [0, 0.05) is 24.0 Å². The lowest BCUT2D eigenvalue weighted by atomic mass is 10.1. The number of carbonyl (C=O) groups excluding carboxylic acids is 1. The van der Waals surface area contributed by atoms with Crippen LogP contribution in [0.1, 0.15) is 0 Å². The first-order valence-corrected chi connectivity index (χ1v) is 7.57. The Balaban J connectivity index is 2.11. The predicted molar refractivity (Wildman–Crippen MR) is 100 cm³/mol. The third-order valence-electron chi connectivity index (χ3n) is 3.16. The highest BCUT2D eigenvalue weighted by Crippen LogP contribution is 2.15. The quantitative estimate of drug-likeness (QED) is 0.452. The fraction of sp³-hybridized carbons (Fsp3) is 0. The Morgan fingerprint density at radius 3 is 2.58 bits per heavy atom. The molecule has 0 aliphatic carbocycles. The van der Waals surface area contributed by atoms with Crippen LogP contribution in [0, 0.1) is 11.2 Å². The van der Waals surface area contributed by atoms with Gasteiger partial charge in [-0.05, 0) is 48.7 Å². The number of aliphatic imine (C=N–C) groups is 1. The van der Waals surface area contributed by atoms with Crippen molar-refractivity contribution in [2.45, 2.75) is 0 Å². The van der Waals surface area contributed by atoms with Crippen molar-refractivity contribution in [2.75, 3.05) is 5.32 Å². The zero-order valence-corrected chi connectivity index (χ0v) is 13.7. The van der Waals surface area contributed by atoms with Crippen LogP contribution in [0.4, 0.5) is 15.8 Å². The van der Waals surface area contributed by atoms with Crippen LogP contribution in [-0.4, -0.2) is 22.3 Å². The minimum atomic E-state index is -0.600. The summed E-state index contributed by atoms with van der Waals surface area (Å²) in [4.78, 5) is 16.3. The minimum absolute atomic E-state index is 0.0473. The molecule has 0 bridgehead atoms. The highest BCUT2D eigenvalue weighted by molar-refractivity contribution is 6.70. The van der Waals surface area contributed by atoms with E-state index in [1.54, 1.807) is 12.1 Å². The Hall–Kier alpha value is -3.74. The molecule has 2 rings (SSSR count). The van der Waals surface area contributed by atoms with Crippen molar-refractivity contribution in [3.8, 4) is 5.75 Å². The molecule has 0 aliphatic rings. The topological polar surface area (TPSA) is 112 Å². The number of ketones is 1. The lowest BCUT2D eigenvalue weighted by Gasteiger charge is -2.03. The van der Waals surface area contributed by atoms with Crippen molar-refractivity contribution in [3.63, 3.8) is 0 Å². The van der Waals surface area contributed by atoms with Crippen molar-refractivity contribution in [2.24, 2.45) is 10.7 Å². The van der Waals surface area contributed by atoms with Crippen molar-refractivity contribution >= 4 is 28.6 Å². The average molecular weight is 352 g/mol. The lowest BCUT2D eigenvalue weighted by molar-refractivity contribution is -0.108. The van der Waals surface area contributed by atoms with E-state index in [9.17, 15) is 14.3 Å². The van der Waals surface area contributed by atoms with Crippen LogP contribution in [0.3, 0.4) is 0 Å². The Bertz CT molecular complexity index is 887. The first-order chi connectivity index (χ1) is 12.5. The summed E-state index contributed by atoms with van der Waals surface area (Å²) >= 11 is 0. The van der Waals surface area contributed by atoms with E-state index >= 15 is 0 Å². The van der Waals surface area contributed by atoms with Crippen LogP contribution < -0.4 is 11.1 Å². The van der Waals surface area contributed by atoms with Gasteiger partial charge in [-0.15, -0.1) is 0 Å². The SMILES string of the molecule is N=C(C(=O)C=CNc1cccc(O)c1)C(C=CN)=Nc1ccc(F)cc1. The number of phenolic OH excluding ortho intramolecular Hbond substituents is 1. The molecular weight excluding hydrogens is 335 g/mol. The third-order valence-corrected chi connectivity index (χ3v) is 3.16. The maximum Gasteiger partial charge on any atom is 0.207 e.